The molecule has 1 rings (SSSR count). The van der Waals surface area contributed by atoms with E-state index in [2.05, 4.69) is 18.8 Å². The van der Waals surface area contributed by atoms with E-state index >= 15 is 0 Å². The molecule has 0 aromatic carbocycles. The van der Waals surface area contributed by atoms with Gasteiger partial charge in [-0.2, -0.15) is 0 Å². The van der Waals surface area contributed by atoms with Crippen molar-refractivity contribution >= 4 is 17.5 Å². The minimum absolute atomic E-state index is 0.351. The van der Waals surface area contributed by atoms with Crippen molar-refractivity contribution in [2.24, 2.45) is 10.9 Å². The largest absolute Gasteiger partial charge is 0.478 e. The van der Waals surface area contributed by atoms with E-state index in [1.807, 2.05) is 0 Å². The van der Waals surface area contributed by atoms with E-state index in [9.17, 15) is 0 Å². The number of halogens is 1. The maximum atomic E-state index is 5.55. The summed E-state index contributed by atoms with van der Waals surface area (Å²) in [5, 5.41) is 0. The number of rotatable bonds is 3. The Kier molecular flexibility index (Phi) is 3.18. The van der Waals surface area contributed by atoms with Crippen LogP contribution in [0.5, 0.6) is 0 Å². The van der Waals surface area contributed by atoms with Gasteiger partial charge in [-0.25, -0.2) is 4.99 Å². The van der Waals surface area contributed by atoms with Gasteiger partial charge in [-0.15, -0.1) is 11.6 Å². The molecule has 0 aliphatic carbocycles. The summed E-state index contributed by atoms with van der Waals surface area (Å²) < 4.78 is 5.23. The van der Waals surface area contributed by atoms with Crippen molar-refractivity contribution in [3.8, 4) is 0 Å². The predicted molar refractivity (Wildman–Crippen MR) is 47.4 cm³/mol. The molecular weight excluding hydrogens is 162 g/mol. The molecule has 0 fully saturated rings. The van der Waals surface area contributed by atoms with Crippen molar-refractivity contribution in [1.29, 1.82) is 0 Å². The SMILES string of the molecule is CC(C)C[C@H]1COC(CCl)=N1. The normalized spacial score (nSPS) is 23.6. The fourth-order valence-corrected chi connectivity index (χ4v) is 1.35. The second-order valence-electron chi connectivity index (χ2n) is 3.25. The smallest absolute Gasteiger partial charge is 0.199 e. The first-order valence-corrected chi connectivity index (χ1v) is 4.51. The molecule has 1 heterocycles. The summed E-state index contributed by atoms with van der Waals surface area (Å²) >= 11 is 5.55. The standard InChI is InChI=1S/C8H14ClNO/c1-6(2)3-7-5-11-8(4-9)10-7/h6-7H,3-5H2,1-2H3/t7-/m0/s1. The van der Waals surface area contributed by atoms with Gasteiger partial charge in [0.1, 0.15) is 6.61 Å². The molecule has 0 bridgehead atoms. The number of nitrogens with zero attached hydrogens (tertiary/aromatic N) is 1. The molecule has 0 aromatic heterocycles. The Hall–Kier alpha value is -0.240. The molecule has 0 spiro atoms. The van der Waals surface area contributed by atoms with Gasteiger partial charge in [-0.05, 0) is 12.3 Å². The average molecular weight is 176 g/mol. The van der Waals surface area contributed by atoms with E-state index in [4.69, 9.17) is 16.3 Å². The maximum Gasteiger partial charge on any atom is 0.199 e. The van der Waals surface area contributed by atoms with E-state index < -0.39 is 0 Å². The van der Waals surface area contributed by atoms with Crippen LogP contribution in [0.3, 0.4) is 0 Å². The molecule has 0 aromatic rings. The molecule has 0 saturated heterocycles. The highest BCUT2D eigenvalue weighted by molar-refractivity contribution is 6.27. The first kappa shape index (κ1) is 8.85. The Morgan fingerprint density at radius 2 is 2.45 bits per heavy atom. The van der Waals surface area contributed by atoms with Crippen LogP contribution in [0.25, 0.3) is 0 Å². The molecule has 0 N–H and O–H groups in total. The molecule has 11 heavy (non-hydrogen) atoms. The molecule has 0 radical (unpaired) electrons. The number of hydrogen-bond donors (Lipinski definition) is 0. The molecule has 3 heteroatoms. The Morgan fingerprint density at radius 3 is 2.91 bits per heavy atom. The van der Waals surface area contributed by atoms with E-state index in [1.54, 1.807) is 0 Å². The summed E-state index contributed by atoms with van der Waals surface area (Å²) in [6.45, 7) is 5.10. The van der Waals surface area contributed by atoms with E-state index in [-0.39, 0.29) is 0 Å². The van der Waals surface area contributed by atoms with E-state index in [1.165, 1.54) is 0 Å². The molecule has 0 unspecified atom stereocenters. The van der Waals surface area contributed by atoms with Crippen molar-refractivity contribution in [3.63, 3.8) is 0 Å². The molecular formula is C8H14ClNO. The summed E-state index contributed by atoms with van der Waals surface area (Å²) in [5.74, 6) is 1.80. The minimum Gasteiger partial charge on any atom is -0.478 e. The quantitative estimate of drug-likeness (QED) is 0.602. The third-order valence-electron chi connectivity index (χ3n) is 1.63. The van der Waals surface area contributed by atoms with Crippen molar-refractivity contribution < 1.29 is 4.74 Å². The Morgan fingerprint density at radius 1 is 1.73 bits per heavy atom. The van der Waals surface area contributed by atoms with Gasteiger partial charge in [-0.1, -0.05) is 13.8 Å². The van der Waals surface area contributed by atoms with E-state index in [0.29, 0.717) is 23.7 Å². The maximum absolute atomic E-state index is 5.55. The summed E-state index contributed by atoms with van der Waals surface area (Å²) in [4.78, 5) is 4.31. The molecule has 0 saturated carbocycles. The van der Waals surface area contributed by atoms with Crippen LogP contribution < -0.4 is 0 Å². The fourth-order valence-electron chi connectivity index (χ4n) is 1.21. The van der Waals surface area contributed by atoms with Crippen LogP contribution in [-0.4, -0.2) is 24.4 Å². The average Bonchev–Trinajstić information content (AvgIpc) is 2.34. The number of aliphatic imine (C=N–C) groups is 1. The van der Waals surface area contributed by atoms with Crippen LogP contribution in [0.15, 0.2) is 4.99 Å². The zero-order chi connectivity index (χ0) is 8.27. The number of ether oxygens (including phenoxy) is 1. The molecule has 1 aliphatic rings. The lowest BCUT2D eigenvalue weighted by Gasteiger charge is -2.06. The predicted octanol–water partition coefficient (Wildman–Crippen LogP) is 2.07. The van der Waals surface area contributed by atoms with Crippen molar-refractivity contribution in [3.05, 3.63) is 0 Å². The number of hydrogen-bond acceptors (Lipinski definition) is 2. The zero-order valence-electron chi connectivity index (χ0n) is 7.01. The lowest BCUT2D eigenvalue weighted by molar-refractivity contribution is 0.299. The van der Waals surface area contributed by atoms with Crippen molar-refractivity contribution in [2.75, 3.05) is 12.5 Å². The Labute approximate surface area is 72.6 Å². The second-order valence-corrected chi connectivity index (χ2v) is 3.52. The highest BCUT2D eigenvalue weighted by atomic mass is 35.5. The summed E-state index contributed by atoms with van der Waals surface area (Å²) in [6, 6.07) is 0.351. The van der Waals surface area contributed by atoms with Crippen molar-refractivity contribution in [2.45, 2.75) is 26.3 Å². The van der Waals surface area contributed by atoms with Gasteiger partial charge in [0.15, 0.2) is 5.90 Å². The van der Waals surface area contributed by atoms with Crippen molar-refractivity contribution in [1.82, 2.24) is 0 Å². The molecule has 64 valence electrons. The fraction of sp³-hybridized carbons (Fsp3) is 0.875. The van der Waals surface area contributed by atoms with E-state index in [0.717, 1.165) is 13.0 Å². The second kappa shape index (κ2) is 3.96. The lowest BCUT2D eigenvalue weighted by Crippen LogP contribution is -2.09. The van der Waals surface area contributed by atoms with Gasteiger partial charge in [0.2, 0.25) is 0 Å². The van der Waals surface area contributed by atoms with Gasteiger partial charge < -0.3 is 4.74 Å². The topological polar surface area (TPSA) is 21.6 Å². The van der Waals surface area contributed by atoms with Gasteiger partial charge in [0.05, 0.1) is 11.9 Å². The molecule has 2 nitrogen and oxygen atoms in total. The van der Waals surface area contributed by atoms with Crippen LogP contribution >= 0.6 is 11.6 Å². The number of alkyl halides is 1. The third-order valence-corrected chi connectivity index (χ3v) is 1.86. The summed E-state index contributed by atoms with van der Waals surface area (Å²) in [5.41, 5.74) is 0. The van der Waals surface area contributed by atoms with Gasteiger partial charge in [0, 0.05) is 0 Å². The highest BCUT2D eigenvalue weighted by Gasteiger charge is 2.18. The van der Waals surface area contributed by atoms with Gasteiger partial charge >= 0.3 is 0 Å². The van der Waals surface area contributed by atoms with Gasteiger partial charge in [-0.3, -0.25) is 0 Å². The first-order chi connectivity index (χ1) is 5.22. The lowest BCUT2D eigenvalue weighted by atomic mass is 10.1. The molecule has 1 atom stereocenters. The van der Waals surface area contributed by atoms with Crippen LogP contribution in [0.2, 0.25) is 0 Å². The molecule has 1 aliphatic heterocycles. The monoisotopic (exact) mass is 175 g/mol. The summed E-state index contributed by atoms with van der Waals surface area (Å²) in [7, 11) is 0. The minimum atomic E-state index is 0.351. The zero-order valence-corrected chi connectivity index (χ0v) is 7.77. The molecule has 0 amide bonds. The highest BCUT2D eigenvalue weighted by Crippen LogP contribution is 2.14. The van der Waals surface area contributed by atoms with Crippen LogP contribution in [0.4, 0.5) is 0 Å². The third kappa shape index (κ3) is 2.70. The Balaban J connectivity index is 2.34. The van der Waals surface area contributed by atoms with Gasteiger partial charge in [0.25, 0.3) is 0 Å². The first-order valence-electron chi connectivity index (χ1n) is 3.97. The van der Waals surface area contributed by atoms with Crippen LogP contribution in [0.1, 0.15) is 20.3 Å². The van der Waals surface area contributed by atoms with Crippen LogP contribution in [0, 0.1) is 5.92 Å². The summed E-state index contributed by atoms with van der Waals surface area (Å²) in [6.07, 6.45) is 1.10. The Bertz CT molecular complexity index is 156. The van der Waals surface area contributed by atoms with Crippen LogP contribution in [-0.2, 0) is 4.74 Å².